The summed E-state index contributed by atoms with van der Waals surface area (Å²) in [6.45, 7) is 11.3. The third-order valence-corrected chi connectivity index (χ3v) is 6.79. The Morgan fingerprint density at radius 1 is 0.480 bits per heavy atom. The van der Waals surface area contributed by atoms with Gasteiger partial charge in [-0.15, -0.1) is 0 Å². The lowest BCUT2D eigenvalue weighted by atomic mass is 9.95. The number of hydrogen-bond acceptors (Lipinski definition) is 19. The van der Waals surface area contributed by atoms with Crippen LogP contribution in [0, 0.1) is 10.8 Å². The number of esters is 7. The molecular weight excluding hydrogens is 674 g/mol. The number of hydrogen-bond donors (Lipinski definition) is 1. The Labute approximate surface area is 288 Å². The van der Waals surface area contributed by atoms with E-state index < -0.39 is 122 Å². The summed E-state index contributed by atoms with van der Waals surface area (Å²) in [7, 11) is 0. The van der Waals surface area contributed by atoms with Gasteiger partial charge in [0.1, 0.15) is 18.8 Å². The van der Waals surface area contributed by atoms with Crippen LogP contribution in [0.25, 0.3) is 0 Å². The zero-order valence-corrected chi connectivity index (χ0v) is 29.5. The summed E-state index contributed by atoms with van der Waals surface area (Å²) in [6, 6.07) is 0. The molecule has 1 N–H and O–H groups in total. The van der Waals surface area contributed by atoms with E-state index in [1.165, 1.54) is 0 Å². The lowest BCUT2D eigenvalue weighted by Gasteiger charge is -2.46. The van der Waals surface area contributed by atoms with Gasteiger partial charge >= 0.3 is 41.8 Å². The molecule has 19 heteroatoms. The predicted octanol–water partition coefficient (Wildman–Crippen LogP) is 0.646. The Morgan fingerprint density at radius 2 is 0.820 bits per heavy atom. The van der Waals surface area contributed by atoms with E-state index in [1.807, 2.05) is 0 Å². The predicted molar refractivity (Wildman–Crippen MR) is 161 cm³/mol. The molecule has 0 amide bonds. The van der Waals surface area contributed by atoms with Crippen LogP contribution in [0.4, 0.5) is 0 Å². The maximum Gasteiger partial charge on any atom is 0.303 e. The number of rotatable bonds is 12. The van der Waals surface area contributed by atoms with Crippen LogP contribution < -0.4 is 0 Å². The molecule has 0 aliphatic carbocycles. The van der Waals surface area contributed by atoms with Crippen molar-refractivity contribution in [1.82, 2.24) is 0 Å². The first kappa shape index (κ1) is 41.8. The first-order valence-corrected chi connectivity index (χ1v) is 15.5. The molecule has 0 aromatic rings. The molecule has 0 bridgehead atoms. The highest BCUT2D eigenvalue weighted by atomic mass is 16.8. The number of ether oxygens (including phenoxy) is 11. The zero-order valence-electron chi connectivity index (χ0n) is 29.5. The molecule has 2 fully saturated rings. The van der Waals surface area contributed by atoms with Crippen LogP contribution in [0.2, 0.25) is 0 Å². The average molecular weight is 720 g/mol. The van der Waals surface area contributed by atoms with Crippen molar-refractivity contribution in [2.24, 2.45) is 5.41 Å². The van der Waals surface area contributed by atoms with Gasteiger partial charge in [-0.1, -0.05) is 20.8 Å². The van der Waals surface area contributed by atoms with Crippen LogP contribution in [0.1, 0.15) is 69.2 Å². The topological polar surface area (TPSA) is 245 Å². The molecule has 0 saturated carbocycles. The summed E-state index contributed by atoms with van der Waals surface area (Å²) in [4.78, 5) is 84.8. The molecule has 0 aromatic heterocycles. The minimum atomic E-state index is -1.66. The van der Waals surface area contributed by atoms with Crippen molar-refractivity contribution < 1.29 is 85.7 Å². The highest BCUT2D eigenvalue weighted by molar-refractivity contribution is 5.78. The third-order valence-electron chi connectivity index (χ3n) is 6.79. The highest BCUT2D eigenvalue weighted by Gasteiger charge is 2.56. The van der Waals surface area contributed by atoms with Gasteiger partial charge in [0.15, 0.2) is 42.7 Å². The molecule has 10 atom stereocenters. The van der Waals surface area contributed by atoms with E-state index in [0.717, 1.165) is 48.5 Å². The lowest BCUT2D eigenvalue weighted by molar-refractivity contribution is -0.329. The summed E-state index contributed by atoms with van der Waals surface area (Å²) in [5, 5.41) is 8.43. The largest absolute Gasteiger partial charge is 0.463 e. The molecule has 2 heterocycles. The van der Waals surface area contributed by atoms with E-state index >= 15 is 0 Å². The first-order chi connectivity index (χ1) is 23.1. The SMILES string of the molecule is CC(=O)OC[C@H]1O[C@@H](OC[C@H]2OC(OC(=N)C(C)(C)C)[C@H](OC(C)=O)[C@@H](OC(C)=O)[C@@H]2OC(C)=O)[C@H](OC(C)=O)[C@@H](OC(C)=O)[C@@H]1OC(C)=O. The molecule has 2 aliphatic rings. The van der Waals surface area contributed by atoms with Crippen LogP contribution in [0.5, 0.6) is 0 Å². The molecule has 0 radical (unpaired) electrons. The van der Waals surface area contributed by atoms with Crippen LogP contribution in [-0.4, -0.2) is 122 Å². The molecule has 282 valence electrons. The fraction of sp³-hybridized carbons (Fsp3) is 0.742. The Morgan fingerprint density at radius 3 is 1.20 bits per heavy atom. The molecular formula is C31H45NO18. The second-order valence-electron chi connectivity index (χ2n) is 12.4. The van der Waals surface area contributed by atoms with E-state index in [1.54, 1.807) is 20.8 Å². The fourth-order valence-electron chi connectivity index (χ4n) is 4.89. The Bertz CT molecular complexity index is 1290. The third kappa shape index (κ3) is 12.5. The van der Waals surface area contributed by atoms with Crippen molar-refractivity contribution in [3.8, 4) is 0 Å². The molecule has 2 saturated heterocycles. The summed E-state index contributed by atoms with van der Waals surface area (Å²) >= 11 is 0. The lowest BCUT2D eigenvalue weighted by Crippen LogP contribution is -2.65. The first-order valence-electron chi connectivity index (χ1n) is 15.5. The van der Waals surface area contributed by atoms with Gasteiger partial charge in [0, 0.05) is 53.9 Å². The summed E-state index contributed by atoms with van der Waals surface area (Å²) in [5.41, 5.74) is -0.867. The van der Waals surface area contributed by atoms with Crippen LogP contribution in [-0.2, 0) is 85.7 Å². The van der Waals surface area contributed by atoms with Gasteiger partial charge in [-0.3, -0.25) is 39.0 Å². The highest BCUT2D eigenvalue weighted by Crippen LogP contribution is 2.34. The molecule has 1 unspecified atom stereocenters. The van der Waals surface area contributed by atoms with E-state index in [4.69, 9.17) is 57.5 Å². The normalized spacial score (nSPS) is 29.3. The Hall–Kier alpha value is -4.36. The van der Waals surface area contributed by atoms with Crippen molar-refractivity contribution in [2.75, 3.05) is 13.2 Å². The summed E-state index contributed by atoms with van der Waals surface area (Å²) in [5.74, 6) is -6.22. The smallest absolute Gasteiger partial charge is 0.303 e. The quantitative estimate of drug-likeness (QED) is 0.126. The van der Waals surface area contributed by atoms with Gasteiger partial charge in [-0.2, -0.15) is 0 Å². The minimum absolute atomic E-state index is 0.314. The number of carbonyl (C=O) groups excluding carboxylic acids is 7. The molecule has 50 heavy (non-hydrogen) atoms. The van der Waals surface area contributed by atoms with Gasteiger partial charge in [0.25, 0.3) is 0 Å². The van der Waals surface area contributed by atoms with E-state index in [-0.39, 0.29) is 5.90 Å². The maximum absolute atomic E-state index is 12.3. The number of nitrogens with one attached hydrogen (secondary N) is 1. The Balaban J connectivity index is 2.62. The molecule has 0 aromatic carbocycles. The average Bonchev–Trinajstić information content (AvgIpc) is 2.94. The van der Waals surface area contributed by atoms with Crippen molar-refractivity contribution in [1.29, 1.82) is 5.41 Å². The second-order valence-corrected chi connectivity index (χ2v) is 12.4. The second kappa shape index (κ2) is 18.0. The van der Waals surface area contributed by atoms with E-state index in [0.29, 0.717) is 0 Å². The monoisotopic (exact) mass is 719 g/mol. The van der Waals surface area contributed by atoms with Crippen LogP contribution >= 0.6 is 0 Å². The van der Waals surface area contributed by atoms with E-state index in [2.05, 4.69) is 0 Å². The standard InChI is InChI=1S/C31H45NO18/c1-13(33)40-11-20-22(42-14(2)34)24(44-16(4)36)26(46-18(6)38)28(48-20)41-12-21-23(43-15(3)35)25(45-17(5)37)27(47-19(7)39)29(49-21)50-30(32)31(8,9)10/h20-29,32H,11-12H2,1-10H3/t20-,21-,22-,23-,24+,25+,26-,27-,28-,29?/m1/s1. The zero-order chi connectivity index (χ0) is 38.1. The van der Waals surface area contributed by atoms with Crippen LogP contribution in [0.3, 0.4) is 0 Å². The van der Waals surface area contributed by atoms with Gasteiger partial charge in [0.2, 0.25) is 12.4 Å². The molecule has 19 nitrogen and oxygen atoms in total. The van der Waals surface area contributed by atoms with Gasteiger partial charge in [-0.05, 0) is 0 Å². The summed E-state index contributed by atoms with van der Waals surface area (Å²) in [6.07, 6.45) is -15.3. The van der Waals surface area contributed by atoms with Crippen molar-refractivity contribution >= 4 is 47.7 Å². The van der Waals surface area contributed by atoms with Crippen molar-refractivity contribution in [3.05, 3.63) is 0 Å². The van der Waals surface area contributed by atoms with Crippen molar-refractivity contribution in [2.45, 2.75) is 131 Å². The van der Waals surface area contributed by atoms with Crippen molar-refractivity contribution in [3.63, 3.8) is 0 Å². The van der Waals surface area contributed by atoms with Crippen LogP contribution in [0.15, 0.2) is 0 Å². The Kier molecular flexibility index (Phi) is 15.1. The maximum atomic E-state index is 12.3. The molecule has 0 spiro atoms. The number of carbonyl (C=O) groups is 7. The minimum Gasteiger partial charge on any atom is -0.463 e. The van der Waals surface area contributed by atoms with Gasteiger partial charge in [-0.25, -0.2) is 0 Å². The fourth-order valence-corrected chi connectivity index (χ4v) is 4.89. The molecule has 2 rings (SSSR count). The summed E-state index contributed by atoms with van der Waals surface area (Å²) < 4.78 is 61.3. The van der Waals surface area contributed by atoms with Gasteiger partial charge in [0.05, 0.1) is 6.61 Å². The molecule has 2 aliphatic heterocycles. The van der Waals surface area contributed by atoms with Gasteiger partial charge < -0.3 is 52.1 Å². The van der Waals surface area contributed by atoms with E-state index in [9.17, 15) is 33.6 Å².